The van der Waals surface area contributed by atoms with Crippen LogP contribution in [0.3, 0.4) is 0 Å². The zero-order chi connectivity index (χ0) is 7.98. The highest BCUT2D eigenvalue weighted by Gasteiger charge is 1.89. The summed E-state index contributed by atoms with van der Waals surface area (Å²) in [7, 11) is 0. The Morgan fingerprint density at radius 2 is 2.30 bits per heavy atom. The van der Waals surface area contributed by atoms with Gasteiger partial charge in [0.1, 0.15) is 0 Å². The van der Waals surface area contributed by atoms with Gasteiger partial charge in [0.25, 0.3) is 0 Å². The molecule has 0 spiro atoms. The van der Waals surface area contributed by atoms with Crippen molar-refractivity contribution in [3.8, 4) is 0 Å². The molecule has 0 atom stereocenters. The van der Waals surface area contributed by atoms with Gasteiger partial charge in [-0.15, -0.1) is 0 Å². The second-order valence-corrected chi connectivity index (χ2v) is 2.47. The SMILES string of the molecule is CC(=O)CO/N=C/C(C)C. The molecule has 0 unspecified atom stereocenters. The highest BCUT2D eigenvalue weighted by molar-refractivity contribution is 5.76. The Bertz CT molecular complexity index is 130. The number of ketones is 1. The minimum absolute atomic E-state index is 0.0130. The van der Waals surface area contributed by atoms with Crippen molar-refractivity contribution in [3.05, 3.63) is 0 Å². The summed E-state index contributed by atoms with van der Waals surface area (Å²) in [5, 5.41) is 3.57. The molecule has 0 aromatic rings. The zero-order valence-electron chi connectivity index (χ0n) is 6.63. The van der Waals surface area contributed by atoms with E-state index < -0.39 is 0 Å². The van der Waals surface area contributed by atoms with Gasteiger partial charge >= 0.3 is 0 Å². The summed E-state index contributed by atoms with van der Waals surface area (Å²) in [4.78, 5) is 14.9. The predicted molar refractivity (Wildman–Crippen MR) is 40.0 cm³/mol. The normalized spacial score (nSPS) is 10.8. The number of hydrogen-bond acceptors (Lipinski definition) is 3. The van der Waals surface area contributed by atoms with Gasteiger partial charge in [0, 0.05) is 6.21 Å². The molecule has 3 nitrogen and oxygen atoms in total. The lowest BCUT2D eigenvalue weighted by atomic mass is 10.3. The zero-order valence-corrected chi connectivity index (χ0v) is 6.63. The number of nitrogens with zero attached hydrogens (tertiary/aromatic N) is 1. The fourth-order valence-electron chi connectivity index (χ4n) is 0.293. The van der Waals surface area contributed by atoms with Gasteiger partial charge in [0.2, 0.25) is 0 Å². The van der Waals surface area contributed by atoms with Gasteiger partial charge in [-0.05, 0) is 12.8 Å². The van der Waals surface area contributed by atoms with Crippen LogP contribution in [0.5, 0.6) is 0 Å². The summed E-state index contributed by atoms with van der Waals surface area (Å²) in [6.07, 6.45) is 1.66. The molecule has 0 rings (SSSR count). The summed E-state index contributed by atoms with van der Waals surface area (Å²) in [6, 6.07) is 0. The van der Waals surface area contributed by atoms with Crippen molar-refractivity contribution in [2.45, 2.75) is 20.8 Å². The first-order valence-corrected chi connectivity index (χ1v) is 3.28. The van der Waals surface area contributed by atoms with Crippen LogP contribution in [-0.4, -0.2) is 18.6 Å². The third kappa shape index (κ3) is 7.14. The monoisotopic (exact) mass is 143 g/mol. The lowest BCUT2D eigenvalue weighted by molar-refractivity contribution is -0.121. The van der Waals surface area contributed by atoms with Crippen LogP contribution < -0.4 is 0 Å². The molecule has 0 aliphatic heterocycles. The van der Waals surface area contributed by atoms with Crippen LogP contribution in [0, 0.1) is 5.92 Å². The molecular weight excluding hydrogens is 130 g/mol. The van der Waals surface area contributed by atoms with Crippen molar-refractivity contribution in [3.63, 3.8) is 0 Å². The summed E-state index contributed by atoms with van der Waals surface area (Å²) in [5.41, 5.74) is 0. The summed E-state index contributed by atoms with van der Waals surface area (Å²) >= 11 is 0. The average molecular weight is 143 g/mol. The number of hydrogen-bond donors (Lipinski definition) is 0. The Morgan fingerprint density at radius 1 is 1.70 bits per heavy atom. The first kappa shape index (κ1) is 9.14. The Hall–Kier alpha value is -0.860. The molecule has 0 saturated carbocycles. The second-order valence-electron chi connectivity index (χ2n) is 2.47. The third-order valence-electron chi connectivity index (χ3n) is 0.701. The first-order chi connectivity index (χ1) is 4.63. The van der Waals surface area contributed by atoms with Gasteiger partial charge in [-0.3, -0.25) is 4.79 Å². The summed E-state index contributed by atoms with van der Waals surface area (Å²) in [6.45, 7) is 5.51. The maximum atomic E-state index is 10.3. The minimum Gasteiger partial charge on any atom is -0.388 e. The highest BCUT2D eigenvalue weighted by Crippen LogP contribution is 1.85. The van der Waals surface area contributed by atoms with Gasteiger partial charge in [0.05, 0.1) is 0 Å². The molecular formula is C7H13NO2. The first-order valence-electron chi connectivity index (χ1n) is 3.28. The smallest absolute Gasteiger partial charge is 0.174 e. The topological polar surface area (TPSA) is 38.7 Å². The Kier molecular flexibility index (Phi) is 4.54. The van der Waals surface area contributed by atoms with E-state index in [1.165, 1.54) is 6.92 Å². The van der Waals surface area contributed by atoms with E-state index in [1.807, 2.05) is 13.8 Å². The number of carbonyl (C=O) groups excluding carboxylic acids is 1. The molecule has 0 amide bonds. The molecule has 0 saturated heterocycles. The average Bonchev–Trinajstić information content (AvgIpc) is 1.79. The van der Waals surface area contributed by atoms with E-state index in [0.29, 0.717) is 5.92 Å². The van der Waals surface area contributed by atoms with Crippen LogP contribution in [0.1, 0.15) is 20.8 Å². The predicted octanol–water partition coefficient (Wildman–Crippen LogP) is 1.23. The largest absolute Gasteiger partial charge is 0.388 e. The van der Waals surface area contributed by atoms with Crippen molar-refractivity contribution in [2.24, 2.45) is 11.1 Å². The van der Waals surface area contributed by atoms with Crippen LogP contribution >= 0.6 is 0 Å². The van der Waals surface area contributed by atoms with E-state index in [1.54, 1.807) is 6.21 Å². The molecule has 3 heteroatoms. The molecule has 0 bridgehead atoms. The molecule has 0 aromatic carbocycles. The van der Waals surface area contributed by atoms with Gasteiger partial charge in [0.15, 0.2) is 12.4 Å². The van der Waals surface area contributed by atoms with Crippen molar-refractivity contribution in [2.75, 3.05) is 6.61 Å². The van der Waals surface area contributed by atoms with E-state index >= 15 is 0 Å². The number of rotatable bonds is 4. The van der Waals surface area contributed by atoms with E-state index in [9.17, 15) is 4.79 Å². The Balaban J connectivity index is 3.27. The molecule has 0 radical (unpaired) electrons. The Labute approximate surface area is 61.1 Å². The fraction of sp³-hybridized carbons (Fsp3) is 0.714. The molecule has 0 N–H and O–H groups in total. The van der Waals surface area contributed by atoms with E-state index in [2.05, 4.69) is 9.99 Å². The lowest BCUT2D eigenvalue weighted by Crippen LogP contribution is -2.00. The van der Waals surface area contributed by atoms with Crippen LogP contribution in [0.4, 0.5) is 0 Å². The standard InChI is InChI=1S/C7H13NO2/c1-6(2)4-8-10-5-7(3)9/h4,6H,5H2,1-3H3/b8-4+. The Morgan fingerprint density at radius 3 is 2.70 bits per heavy atom. The summed E-state index contributed by atoms with van der Waals surface area (Å²) < 4.78 is 0. The van der Waals surface area contributed by atoms with Gasteiger partial charge in [-0.2, -0.15) is 0 Å². The summed E-state index contributed by atoms with van der Waals surface area (Å²) in [5.74, 6) is 0.355. The van der Waals surface area contributed by atoms with E-state index in [-0.39, 0.29) is 12.4 Å². The van der Waals surface area contributed by atoms with Gasteiger partial charge < -0.3 is 4.84 Å². The third-order valence-corrected chi connectivity index (χ3v) is 0.701. The van der Waals surface area contributed by atoms with Gasteiger partial charge in [-0.25, -0.2) is 0 Å². The molecule has 10 heavy (non-hydrogen) atoms. The lowest BCUT2D eigenvalue weighted by Gasteiger charge is -1.94. The molecule has 0 fully saturated rings. The molecule has 0 aliphatic rings. The van der Waals surface area contributed by atoms with Crippen molar-refractivity contribution in [1.82, 2.24) is 0 Å². The van der Waals surface area contributed by atoms with Crippen molar-refractivity contribution in [1.29, 1.82) is 0 Å². The van der Waals surface area contributed by atoms with Crippen molar-refractivity contribution >= 4 is 12.0 Å². The number of carbonyl (C=O) groups is 1. The van der Waals surface area contributed by atoms with Crippen LogP contribution in [0.25, 0.3) is 0 Å². The molecule has 0 aromatic heterocycles. The molecule has 0 aliphatic carbocycles. The van der Waals surface area contributed by atoms with Crippen LogP contribution in [-0.2, 0) is 9.63 Å². The van der Waals surface area contributed by atoms with Gasteiger partial charge in [-0.1, -0.05) is 19.0 Å². The quantitative estimate of drug-likeness (QED) is 0.438. The fourth-order valence-corrected chi connectivity index (χ4v) is 0.293. The second kappa shape index (κ2) is 4.97. The maximum absolute atomic E-state index is 10.3. The van der Waals surface area contributed by atoms with E-state index in [4.69, 9.17) is 0 Å². The van der Waals surface area contributed by atoms with E-state index in [0.717, 1.165) is 0 Å². The number of Topliss-reactive ketones (excluding diaryl/α,β-unsaturated/α-hetero) is 1. The van der Waals surface area contributed by atoms with Crippen LogP contribution in [0.2, 0.25) is 0 Å². The maximum Gasteiger partial charge on any atom is 0.174 e. The van der Waals surface area contributed by atoms with Crippen LogP contribution in [0.15, 0.2) is 5.16 Å². The minimum atomic E-state index is -0.0130. The highest BCUT2D eigenvalue weighted by atomic mass is 16.6. The molecule has 58 valence electrons. The number of oxime groups is 1. The van der Waals surface area contributed by atoms with Crippen molar-refractivity contribution < 1.29 is 9.63 Å². The molecule has 0 heterocycles.